The van der Waals surface area contributed by atoms with Crippen LogP contribution < -0.4 is 10.6 Å². The summed E-state index contributed by atoms with van der Waals surface area (Å²) in [6.07, 6.45) is 5.31. The molecule has 0 aliphatic rings. The molecule has 4 rings (SSSR count). The van der Waals surface area contributed by atoms with Gasteiger partial charge >= 0.3 is 0 Å². The normalized spacial score (nSPS) is 10.8. The Hall–Kier alpha value is -3.54. The summed E-state index contributed by atoms with van der Waals surface area (Å²) in [5.74, 6) is 1.21. The Morgan fingerprint density at radius 2 is 1.72 bits per heavy atom. The molecule has 0 radical (unpaired) electrons. The molecular weight excluding hydrogens is 360 g/mol. The Balaban J connectivity index is 1.52. The van der Waals surface area contributed by atoms with Gasteiger partial charge in [-0.05, 0) is 43.9 Å². The summed E-state index contributed by atoms with van der Waals surface area (Å²) in [5, 5.41) is 6.73. The number of hydrogen-bond acceptors (Lipinski definition) is 6. The van der Waals surface area contributed by atoms with Crippen LogP contribution in [0.5, 0.6) is 0 Å². The third-order valence-electron chi connectivity index (χ3n) is 4.74. The summed E-state index contributed by atoms with van der Waals surface area (Å²) in [4.78, 5) is 18.0. The molecule has 29 heavy (non-hydrogen) atoms. The first-order valence-corrected chi connectivity index (χ1v) is 9.80. The molecule has 0 atom stereocenters. The van der Waals surface area contributed by atoms with E-state index in [0.29, 0.717) is 22.9 Å². The Morgan fingerprint density at radius 3 is 2.55 bits per heavy atom. The van der Waals surface area contributed by atoms with E-state index in [0.717, 1.165) is 30.6 Å². The second-order valence-corrected chi connectivity index (χ2v) is 7.08. The van der Waals surface area contributed by atoms with Gasteiger partial charge in [-0.1, -0.05) is 48.0 Å². The van der Waals surface area contributed by atoms with Crippen LogP contribution in [-0.4, -0.2) is 26.5 Å². The maximum atomic E-state index is 4.67. The summed E-state index contributed by atoms with van der Waals surface area (Å²) in [7, 11) is 0. The van der Waals surface area contributed by atoms with Crippen molar-refractivity contribution in [1.82, 2.24) is 19.9 Å². The molecule has 146 valence electrons. The van der Waals surface area contributed by atoms with E-state index in [1.807, 2.05) is 6.07 Å². The van der Waals surface area contributed by atoms with Gasteiger partial charge in [-0.25, -0.2) is 9.97 Å². The minimum Gasteiger partial charge on any atom is -0.354 e. The zero-order chi connectivity index (χ0) is 20.1. The number of nitrogens with one attached hydrogen (secondary N) is 2. The lowest BCUT2D eigenvalue weighted by Gasteiger charge is -2.13. The van der Waals surface area contributed by atoms with Crippen molar-refractivity contribution in [2.75, 3.05) is 17.2 Å². The van der Waals surface area contributed by atoms with Gasteiger partial charge in [0.25, 0.3) is 0 Å². The summed E-state index contributed by atoms with van der Waals surface area (Å²) >= 11 is 0. The minimum atomic E-state index is 0.554. The van der Waals surface area contributed by atoms with E-state index in [4.69, 9.17) is 0 Å². The van der Waals surface area contributed by atoms with Crippen LogP contribution in [0.25, 0.3) is 11.2 Å². The maximum Gasteiger partial charge on any atom is 0.226 e. The van der Waals surface area contributed by atoms with Crippen LogP contribution in [0.4, 0.5) is 17.5 Å². The molecule has 6 nitrogen and oxygen atoms in total. The number of nitrogens with zero attached hydrogens (tertiary/aromatic N) is 4. The van der Waals surface area contributed by atoms with Crippen LogP contribution in [-0.2, 0) is 6.42 Å². The molecule has 0 fully saturated rings. The quantitative estimate of drug-likeness (QED) is 0.445. The van der Waals surface area contributed by atoms with E-state index < -0.39 is 0 Å². The number of hydrogen-bond donors (Lipinski definition) is 2. The summed E-state index contributed by atoms with van der Waals surface area (Å²) in [6.45, 7) is 4.94. The summed E-state index contributed by atoms with van der Waals surface area (Å²) < 4.78 is 0. The number of benzene rings is 2. The van der Waals surface area contributed by atoms with Gasteiger partial charge in [-0.15, -0.1) is 0 Å². The summed E-state index contributed by atoms with van der Waals surface area (Å²) in [5.41, 5.74) is 5.93. The molecule has 4 aromatic rings. The van der Waals surface area contributed by atoms with Crippen LogP contribution in [0.15, 0.2) is 60.9 Å². The topological polar surface area (TPSA) is 75.6 Å². The second-order valence-electron chi connectivity index (χ2n) is 7.08. The molecule has 0 aliphatic carbocycles. The Morgan fingerprint density at radius 1 is 0.897 bits per heavy atom. The van der Waals surface area contributed by atoms with E-state index in [2.05, 4.69) is 86.9 Å². The Bertz CT molecular complexity index is 1110. The number of rotatable bonds is 7. The Kier molecular flexibility index (Phi) is 5.61. The molecule has 2 heterocycles. The van der Waals surface area contributed by atoms with Crippen molar-refractivity contribution in [2.45, 2.75) is 26.7 Å². The molecule has 2 N–H and O–H groups in total. The molecule has 6 heteroatoms. The average molecular weight is 384 g/mol. The number of aryl methyl sites for hydroxylation is 3. The predicted molar refractivity (Wildman–Crippen MR) is 118 cm³/mol. The molecule has 0 bridgehead atoms. The fourth-order valence-electron chi connectivity index (χ4n) is 3.25. The van der Waals surface area contributed by atoms with E-state index in [1.54, 1.807) is 12.4 Å². The zero-order valence-corrected chi connectivity index (χ0v) is 16.7. The van der Waals surface area contributed by atoms with Crippen molar-refractivity contribution in [1.29, 1.82) is 0 Å². The lowest BCUT2D eigenvalue weighted by molar-refractivity contribution is 0.854. The fourth-order valence-corrected chi connectivity index (χ4v) is 3.25. The van der Waals surface area contributed by atoms with Gasteiger partial charge in [0.1, 0.15) is 0 Å². The Labute approximate surface area is 170 Å². The first kappa shape index (κ1) is 18.8. The number of aromatic nitrogens is 4. The monoisotopic (exact) mass is 384 g/mol. The lowest BCUT2D eigenvalue weighted by atomic mass is 10.1. The van der Waals surface area contributed by atoms with E-state index in [-0.39, 0.29) is 0 Å². The van der Waals surface area contributed by atoms with E-state index >= 15 is 0 Å². The standard InChI is InChI=1S/C23H24N6/c1-16-10-11-19(17(2)15-16)27-22-20-21(25-14-13-24-20)28-23(29-22)26-12-6-9-18-7-4-3-5-8-18/h3-5,7-8,10-11,13-15H,6,9,12H2,1-2H3,(H2,25,26,27,28,29). The highest BCUT2D eigenvalue weighted by atomic mass is 15.2. The van der Waals surface area contributed by atoms with Crippen molar-refractivity contribution in [2.24, 2.45) is 0 Å². The van der Waals surface area contributed by atoms with Crippen molar-refractivity contribution < 1.29 is 0 Å². The number of fused-ring (bicyclic) bond motifs is 1. The van der Waals surface area contributed by atoms with Crippen molar-refractivity contribution >= 4 is 28.6 Å². The van der Waals surface area contributed by atoms with Crippen LogP contribution in [0, 0.1) is 13.8 Å². The molecule has 0 spiro atoms. The van der Waals surface area contributed by atoms with Crippen LogP contribution >= 0.6 is 0 Å². The first-order chi connectivity index (χ1) is 14.2. The van der Waals surface area contributed by atoms with Gasteiger partial charge in [0.15, 0.2) is 17.0 Å². The van der Waals surface area contributed by atoms with Crippen molar-refractivity contribution in [3.8, 4) is 0 Å². The van der Waals surface area contributed by atoms with Gasteiger partial charge in [0, 0.05) is 24.6 Å². The van der Waals surface area contributed by atoms with Crippen molar-refractivity contribution in [3.63, 3.8) is 0 Å². The van der Waals surface area contributed by atoms with Crippen LogP contribution in [0.1, 0.15) is 23.1 Å². The highest BCUT2D eigenvalue weighted by Crippen LogP contribution is 2.25. The van der Waals surface area contributed by atoms with Gasteiger partial charge in [-0.3, -0.25) is 0 Å². The highest BCUT2D eigenvalue weighted by Gasteiger charge is 2.11. The summed E-state index contributed by atoms with van der Waals surface area (Å²) in [6, 6.07) is 16.7. The van der Waals surface area contributed by atoms with Gasteiger partial charge in [0.2, 0.25) is 5.95 Å². The fraction of sp³-hybridized carbons (Fsp3) is 0.217. The lowest BCUT2D eigenvalue weighted by Crippen LogP contribution is -2.09. The molecule has 0 aliphatic heterocycles. The average Bonchev–Trinajstić information content (AvgIpc) is 2.74. The van der Waals surface area contributed by atoms with Gasteiger partial charge in [0.05, 0.1) is 0 Å². The van der Waals surface area contributed by atoms with Gasteiger partial charge in [-0.2, -0.15) is 9.97 Å². The molecule has 2 aromatic heterocycles. The molecule has 0 unspecified atom stereocenters. The molecular formula is C23H24N6. The third kappa shape index (κ3) is 4.66. The zero-order valence-electron chi connectivity index (χ0n) is 16.7. The van der Waals surface area contributed by atoms with Crippen molar-refractivity contribution in [3.05, 3.63) is 77.6 Å². The molecule has 0 saturated heterocycles. The largest absolute Gasteiger partial charge is 0.354 e. The van der Waals surface area contributed by atoms with Gasteiger partial charge < -0.3 is 10.6 Å². The second kappa shape index (κ2) is 8.65. The van der Waals surface area contributed by atoms with E-state index in [1.165, 1.54) is 11.1 Å². The molecule has 0 amide bonds. The number of anilines is 3. The SMILES string of the molecule is Cc1ccc(Nc2nc(NCCCc3ccccc3)nc3nccnc23)c(C)c1. The molecule has 2 aromatic carbocycles. The highest BCUT2D eigenvalue weighted by molar-refractivity contribution is 5.86. The van der Waals surface area contributed by atoms with Crippen LogP contribution in [0.2, 0.25) is 0 Å². The third-order valence-corrected chi connectivity index (χ3v) is 4.74. The van der Waals surface area contributed by atoms with Crippen LogP contribution in [0.3, 0.4) is 0 Å². The first-order valence-electron chi connectivity index (χ1n) is 9.80. The smallest absolute Gasteiger partial charge is 0.226 e. The minimum absolute atomic E-state index is 0.554. The molecule has 0 saturated carbocycles. The maximum absolute atomic E-state index is 4.67. The van der Waals surface area contributed by atoms with E-state index in [9.17, 15) is 0 Å². The predicted octanol–water partition coefficient (Wildman–Crippen LogP) is 4.82.